The Bertz CT molecular complexity index is 1570. The van der Waals surface area contributed by atoms with Crippen LogP contribution < -0.4 is 4.74 Å². The normalized spacial score (nSPS) is 20.4. The van der Waals surface area contributed by atoms with E-state index in [1.807, 2.05) is 59.8 Å². The van der Waals surface area contributed by atoms with Gasteiger partial charge in [-0.05, 0) is 89.0 Å². The van der Waals surface area contributed by atoms with Crippen LogP contribution in [0, 0.1) is 17.3 Å². The van der Waals surface area contributed by atoms with Crippen molar-refractivity contribution in [3.63, 3.8) is 0 Å². The lowest BCUT2D eigenvalue weighted by Crippen LogP contribution is -2.48. The van der Waals surface area contributed by atoms with Gasteiger partial charge in [-0.1, -0.05) is 6.07 Å². The molecule has 2 aromatic heterocycles. The number of aromatic nitrogens is 3. The van der Waals surface area contributed by atoms with Gasteiger partial charge in [-0.2, -0.15) is 0 Å². The molecule has 3 aromatic rings. The number of sulfone groups is 1. The number of hydrogen-bond acceptors (Lipinski definition) is 8. The van der Waals surface area contributed by atoms with Crippen LogP contribution in [0.25, 0.3) is 16.7 Å². The average molecular weight is 625 g/mol. The summed E-state index contributed by atoms with van der Waals surface area (Å²) in [6.45, 7) is 5.71. The highest BCUT2D eigenvalue weighted by Gasteiger charge is 2.40. The molecule has 0 radical (unpaired) electrons. The standard InChI is InChI=1S/C33H44N4O6S/c1-4-42-32(39)33(2)15-19-36(20-16-33)31(38)25-11-9-24(10-12-25)23-29-34-17-13-30(35-29)37-18-14-26-27(37)7-5-8-28(26)43-21-6-22-44(3,40)41/h5,7-8,13-14,17-18,24-25H,4,6,9-12,15-16,19-23H2,1-3H3. The van der Waals surface area contributed by atoms with Gasteiger partial charge in [0.05, 0.1) is 29.9 Å². The van der Waals surface area contributed by atoms with E-state index in [0.29, 0.717) is 57.2 Å². The van der Waals surface area contributed by atoms with E-state index >= 15 is 0 Å². The monoisotopic (exact) mass is 624 g/mol. The summed E-state index contributed by atoms with van der Waals surface area (Å²) in [5.41, 5.74) is 0.457. The van der Waals surface area contributed by atoms with E-state index in [2.05, 4.69) is 4.98 Å². The predicted octanol–water partition coefficient (Wildman–Crippen LogP) is 4.77. The van der Waals surface area contributed by atoms with Crippen LogP contribution in [-0.2, 0) is 30.6 Å². The van der Waals surface area contributed by atoms with Crippen LogP contribution >= 0.6 is 0 Å². The minimum atomic E-state index is -3.02. The fourth-order valence-electron chi connectivity index (χ4n) is 6.45. The first kappa shape index (κ1) is 31.9. The fraction of sp³-hybridized carbons (Fsp3) is 0.576. The van der Waals surface area contributed by atoms with Crippen molar-refractivity contribution < 1.29 is 27.5 Å². The number of ether oxygens (including phenoxy) is 2. The minimum absolute atomic E-state index is 0.0412. The molecule has 1 saturated carbocycles. The van der Waals surface area contributed by atoms with Gasteiger partial charge in [0.1, 0.15) is 27.2 Å². The second kappa shape index (κ2) is 13.7. The SMILES string of the molecule is CCOC(=O)C1(C)CCN(C(=O)C2CCC(Cc3nccc(-n4ccc5c(OCCCS(C)(=O)=O)cccc54)n3)CC2)CC1. The predicted molar refractivity (Wildman–Crippen MR) is 168 cm³/mol. The maximum absolute atomic E-state index is 13.3. The summed E-state index contributed by atoms with van der Waals surface area (Å²) in [5.74, 6) is 2.93. The van der Waals surface area contributed by atoms with Gasteiger partial charge < -0.3 is 18.9 Å². The van der Waals surface area contributed by atoms with Gasteiger partial charge in [-0.3, -0.25) is 9.59 Å². The van der Waals surface area contributed by atoms with Gasteiger partial charge >= 0.3 is 5.97 Å². The molecule has 1 saturated heterocycles. The summed E-state index contributed by atoms with van der Waals surface area (Å²) < 4.78 is 36.0. The molecule has 2 aliphatic rings. The number of benzene rings is 1. The molecule has 1 aliphatic carbocycles. The van der Waals surface area contributed by atoms with Crippen LogP contribution in [0.15, 0.2) is 42.7 Å². The Labute approximate surface area is 260 Å². The van der Waals surface area contributed by atoms with Gasteiger partial charge in [-0.15, -0.1) is 0 Å². The number of esters is 1. The van der Waals surface area contributed by atoms with Crippen molar-refractivity contribution in [2.45, 2.75) is 65.2 Å². The zero-order chi connectivity index (χ0) is 31.3. The van der Waals surface area contributed by atoms with Crippen LogP contribution in [0.3, 0.4) is 0 Å². The van der Waals surface area contributed by atoms with E-state index in [1.165, 1.54) is 6.26 Å². The van der Waals surface area contributed by atoms with Crippen molar-refractivity contribution in [2.75, 3.05) is 38.3 Å². The van der Waals surface area contributed by atoms with Crippen LogP contribution in [0.1, 0.15) is 64.6 Å². The zero-order valence-corrected chi connectivity index (χ0v) is 26.9. The van der Waals surface area contributed by atoms with Crippen molar-refractivity contribution in [2.24, 2.45) is 17.3 Å². The molecule has 238 valence electrons. The second-order valence-corrected chi connectivity index (χ2v) is 14.8. The molecule has 10 nitrogen and oxygen atoms in total. The van der Waals surface area contributed by atoms with E-state index < -0.39 is 15.3 Å². The molecule has 0 spiro atoms. The van der Waals surface area contributed by atoms with E-state index in [-0.39, 0.29) is 23.5 Å². The number of likely N-dealkylation sites (tertiary alicyclic amines) is 1. The van der Waals surface area contributed by atoms with Gasteiger partial charge in [-0.25, -0.2) is 18.4 Å². The highest BCUT2D eigenvalue weighted by atomic mass is 32.2. The first-order valence-corrected chi connectivity index (χ1v) is 17.8. The molecule has 0 atom stereocenters. The lowest BCUT2D eigenvalue weighted by molar-refractivity contribution is -0.159. The summed E-state index contributed by atoms with van der Waals surface area (Å²) in [5, 5.41) is 0.939. The summed E-state index contributed by atoms with van der Waals surface area (Å²) in [6.07, 6.45) is 11.2. The van der Waals surface area contributed by atoms with Crippen LogP contribution in [0.2, 0.25) is 0 Å². The van der Waals surface area contributed by atoms with Gasteiger partial charge in [0, 0.05) is 49.5 Å². The molecule has 2 fully saturated rings. The summed E-state index contributed by atoms with van der Waals surface area (Å²) in [6, 6.07) is 9.71. The number of nitrogens with zero attached hydrogens (tertiary/aromatic N) is 4. The zero-order valence-electron chi connectivity index (χ0n) is 26.0. The molecule has 1 amide bonds. The minimum Gasteiger partial charge on any atom is -0.493 e. The second-order valence-electron chi connectivity index (χ2n) is 12.6. The molecule has 44 heavy (non-hydrogen) atoms. The maximum atomic E-state index is 13.3. The summed E-state index contributed by atoms with van der Waals surface area (Å²) in [7, 11) is -3.02. The Morgan fingerprint density at radius 2 is 1.82 bits per heavy atom. The third-order valence-corrected chi connectivity index (χ3v) is 10.2. The van der Waals surface area contributed by atoms with E-state index in [1.54, 1.807) is 6.20 Å². The molecule has 5 rings (SSSR count). The van der Waals surface area contributed by atoms with Crippen molar-refractivity contribution >= 4 is 32.6 Å². The molecule has 11 heteroatoms. The molecule has 3 heterocycles. The molecule has 1 aliphatic heterocycles. The molecular formula is C33H44N4O6S. The Morgan fingerprint density at radius 1 is 1.07 bits per heavy atom. The van der Waals surface area contributed by atoms with E-state index in [0.717, 1.165) is 54.6 Å². The lowest BCUT2D eigenvalue weighted by atomic mass is 9.78. The highest BCUT2D eigenvalue weighted by Crippen LogP contribution is 2.36. The first-order chi connectivity index (χ1) is 21.1. The smallest absolute Gasteiger partial charge is 0.311 e. The topological polar surface area (TPSA) is 121 Å². The first-order valence-electron chi connectivity index (χ1n) is 15.8. The largest absolute Gasteiger partial charge is 0.493 e. The Kier molecular flexibility index (Phi) is 9.92. The molecular weight excluding hydrogens is 580 g/mol. The number of fused-ring (bicyclic) bond motifs is 1. The summed E-state index contributed by atoms with van der Waals surface area (Å²) in [4.78, 5) is 37.1. The van der Waals surface area contributed by atoms with Crippen molar-refractivity contribution in [3.05, 3.63) is 48.5 Å². The molecule has 0 N–H and O–H groups in total. The Balaban J connectivity index is 1.15. The van der Waals surface area contributed by atoms with Crippen LogP contribution in [-0.4, -0.2) is 78.0 Å². The number of carbonyl (C=O) groups excluding carboxylic acids is 2. The van der Waals surface area contributed by atoms with Gasteiger partial charge in [0.2, 0.25) is 5.91 Å². The number of carbonyl (C=O) groups is 2. The molecule has 0 unspecified atom stereocenters. The summed E-state index contributed by atoms with van der Waals surface area (Å²) >= 11 is 0. The Morgan fingerprint density at radius 3 is 2.52 bits per heavy atom. The van der Waals surface area contributed by atoms with E-state index in [9.17, 15) is 18.0 Å². The van der Waals surface area contributed by atoms with Crippen LogP contribution in [0.4, 0.5) is 0 Å². The third kappa shape index (κ3) is 7.60. The van der Waals surface area contributed by atoms with Crippen molar-refractivity contribution in [1.82, 2.24) is 19.4 Å². The molecule has 0 bridgehead atoms. The third-order valence-electron chi connectivity index (χ3n) is 9.16. The quantitative estimate of drug-likeness (QED) is 0.221. The molecule has 1 aromatic carbocycles. The van der Waals surface area contributed by atoms with Gasteiger partial charge in [0.15, 0.2) is 0 Å². The van der Waals surface area contributed by atoms with E-state index in [4.69, 9.17) is 14.5 Å². The average Bonchev–Trinajstić information content (AvgIpc) is 3.45. The Hall–Kier alpha value is -3.47. The van der Waals surface area contributed by atoms with Crippen molar-refractivity contribution in [3.8, 4) is 11.6 Å². The number of hydrogen-bond donors (Lipinski definition) is 0. The van der Waals surface area contributed by atoms with Crippen molar-refractivity contribution in [1.29, 1.82) is 0 Å². The van der Waals surface area contributed by atoms with Gasteiger partial charge in [0.25, 0.3) is 0 Å². The number of rotatable bonds is 11. The number of piperidine rings is 1. The highest BCUT2D eigenvalue weighted by molar-refractivity contribution is 7.90. The number of amides is 1. The fourth-order valence-corrected chi connectivity index (χ4v) is 7.09. The van der Waals surface area contributed by atoms with Crippen LogP contribution in [0.5, 0.6) is 5.75 Å². The lowest BCUT2D eigenvalue weighted by Gasteiger charge is -2.39. The maximum Gasteiger partial charge on any atom is 0.311 e.